The minimum absolute atomic E-state index is 0.0389. The number of hydrogen-bond donors (Lipinski definition) is 1. The fraction of sp³-hybridized carbons (Fsp3) is 0.250. The summed E-state index contributed by atoms with van der Waals surface area (Å²) in [6, 6.07) is 11.4. The minimum atomic E-state index is -0.0389. The summed E-state index contributed by atoms with van der Waals surface area (Å²) in [6.45, 7) is 8.75. The van der Waals surface area contributed by atoms with Crippen LogP contribution in [-0.2, 0) is 0 Å². The number of carbonyl (C=O) groups excluding carboxylic acids is 1. The lowest BCUT2D eigenvalue weighted by Crippen LogP contribution is -1.99. The molecule has 0 saturated carbocycles. The van der Waals surface area contributed by atoms with Gasteiger partial charge in [-0.3, -0.25) is 4.79 Å². The summed E-state index contributed by atoms with van der Waals surface area (Å²) in [4.78, 5) is 12.2. The summed E-state index contributed by atoms with van der Waals surface area (Å²) in [5.41, 5.74) is 5.26. The van der Waals surface area contributed by atoms with Gasteiger partial charge in [-0.2, -0.15) is 0 Å². The Morgan fingerprint density at radius 1 is 1.09 bits per heavy atom. The van der Waals surface area contributed by atoms with Crippen LogP contribution in [0.1, 0.15) is 34.0 Å². The average Bonchev–Trinajstić information content (AvgIpc) is 2.50. The number of nitrogens with one attached hydrogen (secondary N) is 1. The fourth-order valence-electron chi connectivity index (χ4n) is 2.59. The Morgan fingerprint density at radius 3 is 2.26 bits per heavy atom. The largest absolute Gasteiger partial charge is 0.494 e. The van der Waals surface area contributed by atoms with E-state index < -0.39 is 0 Å². The van der Waals surface area contributed by atoms with Crippen molar-refractivity contribution in [3.63, 3.8) is 0 Å². The van der Waals surface area contributed by atoms with Crippen LogP contribution in [0.25, 0.3) is 0 Å². The van der Waals surface area contributed by atoms with E-state index in [9.17, 15) is 4.79 Å². The maximum Gasteiger partial charge on any atom is 0.187 e. The van der Waals surface area contributed by atoms with Crippen molar-refractivity contribution in [1.82, 2.24) is 0 Å². The Morgan fingerprint density at radius 2 is 1.70 bits per heavy atom. The molecule has 0 heterocycles. The van der Waals surface area contributed by atoms with Gasteiger partial charge in [-0.1, -0.05) is 17.7 Å². The number of rotatable bonds is 6. The maximum atomic E-state index is 12.2. The molecule has 0 aliphatic heterocycles. The third kappa shape index (κ3) is 4.46. The highest BCUT2D eigenvalue weighted by molar-refractivity contribution is 6.04. The highest BCUT2D eigenvalue weighted by Gasteiger charge is 2.04. The number of allylic oxidation sites excluding steroid dienone is 1. The number of hydrogen-bond acceptors (Lipinski definition) is 3. The molecule has 0 amide bonds. The van der Waals surface area contributed by atoms with Crippen molar-refractivity contribution >= 4 is 11.5 Å². The first-order valence-corrected chi connectivity index (χ1v) is 7.79. The van der Waals surface area contributed by atoms with E-state index in [0.717, 1.165) is 11.4 Å². The van der Waals surface area contributed by atoms with Crippen LogP contribution in [-0.4, -0.2) is 12.4 Å². The summed E-state index contributed by atoms with van der Waals surface area (Å²) in [5, 5.41) is 3.21. The monoisotopic (exact) mass is 309 g/mol. The minimum Gasteiger partial charge on any atom is -0.494 e. The van der Waals surface area contributed by atoms with Crippen LogP contribution < -0.4 is 10.1 Å². The highest BCUT2D eigenvalue weighted by Crippen LogP contribution is 2.21. The van der Waals surface area contributed by atoms with Crippen LogP contribution in [0.4, 0.5) is 5.69 Å². The molecule has 23 heavy (non-hydrogen) atoms. The van der Waals surface area contributed by atoms with Gasteiger partial charge in [0.05, 0.1) is 6.61 Å². The summed E-state index contributed by atoms with van der Waals surface area (Å²) < 4.78 is 5.37. The molecular formula is C20H23NO2. The van der Waals surface area contributed by atoms with Gasteiger partial charge in [0.25, 0.3) is 0 Å². The lowest BCUT2D eigenvalue weighted by Gasteiger charge is -2.10. The van der Waals surface area contributed by atoms with Crippen molar-refractivity contribution in [2.24, 2.45) is 0 Å². The van der Waals surface area contributed by atoms with Gasteiger partial charge in [0.2, 0.25) is 0 Å². The molecule has 0 bridgehead atoms. The molecule has 0 aromatic heterocycles. The summed E-state index contributed by atoms with van der Waals surface area (Å²) >= 11 is 0. The molecule has 0 atom stereocenters. The average molecular weight is 309 g/mol. The maximum absolute atomic E-state index is 12.2. The second-order valence-electron chi connectivity index (χ2n) is 5.57. The first-order valence-electron chi connectivity index (χ1n) is 7.79. The second-order valence-corrected chi connectivity index (χ2v) is 5.57. The number of anilines is 1. The van der Waals surface area contributed by atoms with Crippen molar-refractivity contribution in [3.05, 3.63) is 70.9 Å². The predicted molar refractivity (Wildman–Crippen MR) is 95.4 cm³/mol. The highest BCUT2D eigenvalue weighted by atomic mass is 16.5. The van der Waals surface area contributed by atoms with Crippen LogP contribution >= 0.6 is 0 Å². The van der Waals surface area contributed by atoms with E-state index in [2.05, 4.69) is 38.2 Å². The molecule has 0 aliphatic rings. The van der Waals surface area contributed by atoms with Gasteiger partial charge in [0.15, 0.2) is 5.78 Å². The fourth-order valence-corrected chi connectivity index (χ4v) is 2.59. The Balaban J connectivity index is 2.04. The lowest BCUT2D eigenvalue weighted by molar-refractivity contribution is 0.104. The molecule has 0 unspecified atom stereocenters. The summed E-state index contributed by atoms with van der Waals surface area (Å²) in [7, 11) is 0. The number of ketones is 1. The summed E-state index contributed by atoms with van der Waals surface area (Å²) in [6.07, 6.45) is 3.25. The van der Waals surface area contributed by atoms with E-state index in [-0.39, 0.29) is 5.78 Å². The van der Waals surface area contributed by atoms with Crippen molar-refractivity contribution in [1.29, 1.82) is 0 Å². The normalized spacial score (nSPS) is 10.8. The topological polar surface area (TPSA) is 38.3 Å². The Labute approximate surface area is 138 Å². The van der Waals surface area contributed by atoms with Gasteiger partial charge in [-0.25, -0.2) is 0 Å². The van der Waals surface area contributed by atoms with Gasteiger partial charge >= 0.3 is 0 Å². The van der Waals surface area contributed by atoms with Crippen molar-refractivity contribution in [2.75, 3.05) is 11.9 Å². The molecule has 2 aromatic carbocycles. The van der Waals surface area contributed by atoms with E-state index in [1.54, 1.807) is 24.4 Å². The van der Waals surface area contributed by atoms with E-state index in [1.165, 1.54) is 16.7 Å². The lowest BCUT2D eigenvalue weighted by atomic mass is 10.1. The molecule has 3 heteroatoms. The van der Waals surface area contributed by atoms with Gasteiger partial charge < -0.3 is 10.1 Å². The summed E-state index contributed by atoms with van der Waals surface area (Å²) in [5.74, 6) is 0.736. The molecule has 2 rings (SSSR count). The molecule has 0 saturated heterocycles. The molecule has 0 spiro atoms. The van der Waals surface area contributed by atoms with Crippen LogP contribution in [0.15, 0.2) is 48.7 Å². The van der Waals surface area contributed by atoms with E-state index in [0.29, 0.717) is 12.2 Å². The number of benzene rings is 2. The molecule has 0 fully saturated rings. The van der Waals surface area contributed by atoms with Crippen molar-refractivity contribution < 1.29 is 9.53 Å². The first kappa shape index (κ1) is 16.8. The number of ether oxygens (including phenoxy) is 1. The van der Waals surface area contributed by atoms with Gasteiger partial charge in [0.1, 0.15) is 5.75 Å². The van der Waals surface area contributed by atoms with Crippen molar-refractivity contribution in [2.45, 2.75) is 27.7 Å². The van der Waals surface area contributed by atoms with Crippen LogP contribution in [0.3, 0.4) is 0 Å². The van der Waals surface area contributed by atoms with Gasteiger partial charge in [-0.15, -0.1) is 0 Å². The molecule has 3 nitrogen and oxygen atoms in total. The zero-order valence-corrected chi connectivity index (χ0v) is 14.1. The van der Waals surface area contributed by atoms with Crippen molar-refractivity contribution in [3.8, 4) is 5.75 Å². The number of carbonyl (C=O) groups is 1. The Kier molecular flexibility index (Phi) is 5.58. The first-order chi connectivity index (χ1) is 11.0. The molecular weight excluding hydrogens is 286 g/mol. The predicted octanol–water partition coefficient (Wildman–Crippen LogP) is 4.82. The molecule has 0 aliphatic carbocycles. The number of aryl methyl sites for hydroxylation is 3. The van der Waals surface area contributed by atoms with Gasteiger partial charge in [0, 0.05) is 23.5 Å². The standard InChI is InChI=1S/C20H23NO2/c1-5-23-18-8-6-17(7-9-18)19(22)10-11-21-20-15(3)12-14(2)13-16(20)4/h6-13,21H,5H2,1-4H3/b11-10+. The third-order valence-corrected chi connectivity index (χ3v) is 3.59. The van der Waals surface area contributed by atoms with Crippen LogP contribution in [0, 0.1) is 20.8 Å². The van der Waals surface area contributed by atoms with Crippen LogP contribution in [0.2, 0.25) is 0 Å². The van der Waals surface area contributed by atoms with E-state index in [4.69, 9.17) is 4.74 Å². The molecule has 2 aromatic rings. The molecule has 0 radical (unpaired) electrons. The van der Waals surface area contributed by atoms with Crippen LogP contribution in [0.5, 0.6) is 5.75 Å². The Hall–Kier alpha value is -2.55. The Bertz CT molecular complexity index is 692. The third-order valence-electron chi connectivity index (χ3n) is 3.59. The zero-order valence-electron chi connectivity index (χ0n) is 14.1. The smallest absolute Gasteiger partial charge is 0.187 e. The van der Waals surface area contributed by atoms with E-state index >= 15 is 0 Å². The molecule has 120 valence electrons. The van der Waals surface area contributed by atoms with E-state index in [1.807, 2.05) is 19.1 Å². The quantitative estimate of drug-likeness (QED) is 0.614. The molecule has 1 N–H and O–H groups in total. The SMILES string of the molecule is CCOc1ccc(C(=O)/C=C/Nc2c(C)cc(C)cc2C)cc1. The van der Waals surface area contributed by atoms with Gasteiger partial charge in [-0.05, 0) is 63.1 Å². The zero-order chi connectivity index (χ0) is 16.8. The second kappa shape index (κ2) is 7.63.